The van der Waals surface area contributed by atoms with Crippen LogP contribution in [0.4, 0.5) is 11.4 Å². The molecule has 0 aromatic heterocycles. The molecule has 2 aromatic rings. The van der Waals surface area contributed by atoms with E-state index < -0.39 is 10.0 Å². The van der Waals surface area contributed by atoms with E-state index in [9.17, 15) is 8.42 Å². The van der Waals surface area contributed by atoms with Gasteiger partial charge in [-0.05, 0) is 24.3 Å². The molecule has 0 saturated carbocycles. The van der Waals surface area contributed by atoms with Crippen molar-refractivity contribution in [2.45, 2.75) is 4.90 Å². The Bertz CT molecular complexity index is 744. The molecule has 2 aromatic carbocycles. The number of rotatable bonds is 5. The Kier molecular flexibility index (Phi) is 4.23. The Hall–Kier alpha value is -2.41. The minimum absolute atomic E-state index is 0.0661. The molecule has 21 heavy (non-hydrogen) atoms. The summed E-state index contributed by atoms with van der Waals surface area (Å²) in [6, 6.07) is 10.9. The summed E-state index contributed by atoms with van der Waals surface area (Å²) in [5.74, 6) is 0.869. The SMILES string of the molecule is COc1cccc(NS(=O)(=O)c2ccc(N)c(OC)c2)c1. The first kappa shape index (κ1) is 15.0. The standard InChI is InChI=1S/C14H16N2O4S/c1-19-11-5-3-4-10(8-11)16-21(17,18)12-6-7-13(15)14(9-12)20-2/h3-9,16H,15H2,1-2H3. The van der Waals surface area contributed by atoms with Gasteiger partial charge in [-0.1, -0.05) is 6.07 Å². The number of methoxy groups -OCH3 is 2. The zero-order valence-corrected chi connectivity index (χ0v) is 12.5. The maximum absolute atomic E-state index is 12.3. The molecule has 0 atom stereocenters. The van der Waals surface area contributed by atoms with Crippen molar-refractivity contribution in [2.24, 2.45) is 0 Å². The van der Waals surface area contributed by atoms with Crippen LogP contribution in [0.3, 0.4) is 0 Å². The Morgan fingerprint density at radius 2 is 1.81 bits per heavy atom. The summed E-state index contributed by atoms with van der Waals surface area (Å²) in [7, 11) is -0.788. The van der Waals surface area contributed by atoms with Gasteiger partial charge in [0, 0.05) is 12.1 Å². The molecule has 0 unspecified atom stereocenters. The van der Waals surface area contributed by atoms with E-state index in [1.807, 2.05) is 0 Å². The summed E-state index contributed by atoms with van der Waals surface area (Å²) in [6.45, 7) is 0. The number of benzene rings is 2. The van der Waals surface area contributed by atoms with Crippen molar-refractivity contribution in [2.75, 3.05) is 24.7 Å². The molecular weight excluding hydrogens is 292 g/mol. The molecule has 0 radical (unpaired) electrons. The first-order valence-corrected chi connectivity index (χ1v) is 7.55. The molecule has 112 valence electrons. The average Bonchev–Trinajstić information content (AvgIpc) is 2.47. The van der Waals surface area contributed by atoms with Crippen molar-refractivity contribution in [3.05, 3.63) is 42.5 Å². The number of anilines is 2. The van der Waals surface area contributed by atoms with E-state index in [2.05, 4.69) is 4.72 Å². The van der Waals surface area contributed by atoms with Gasteiger partial charge in [0.25, 0.3) is 10.0 Å². The lowest BCUT2D eigenvalue weighted by atomic mass is 10.3. The van der Waals surface area contributed by atoms with E-state index >= 15 is 0 Å². The largest absolute Gasteiger partial charge is 0.497 e. The van der Waals surface area contributed by atoms with Crippen molar-refractivity contribution in [1.29, 1.82) is 0 Å². The highest BCUT2D eigenvalue weighted by Gasteiger charge is 2.16. The fraction of sp³-hybridized carbons (Fsp3) is 0.143. The van der Waals surface area contributed by atoms with E-state index in [1.54, 1.807) is 24.3 Å². The zero-order chi connectivity index (χ0) is 15.5. The van der Waals surface area contributed by atoms with Gasteiger partial charge >= 0.3 is 0 Å². The second-order valence-electron chi connectivity index (χ2n) is 4.24. The molecule has 0 fully saturated rings. The number of nitrogen functional groups attached to an aromatic ring is 1. The van der Waals surface area contributed by atoms with E-state index in [0.717, 1.165) is 0 Å². The molecule has 0 aliphatic heterocycles. The predicted octanol–water partition coefficient (Wildman–Crippen LogP) is 2.09. The van der Waals surface area contributed by atoms with E-state index in [0.29, 0.717) is 22.9 Å². The first-order valence-electron chi connectivity index (χ1n) is 6.06. The van der Waals surface area contributed by atoms with Gasteiger partial charge in [0.15, 0.2) is 0 Å². The highest BCUT2D eigenvalue weighted by atomic mass is 32.2. The van der Waals surface area contributed by atoms with E-state index in [1.165, 1.54) is 32.4 Å². The molecule has 0 spiro atoms. The highest BCUT2D eigenvalue weighted by molar-refractivity contribution is 7.92. The van der Waals surface area contributed by atoms with E-state index in [4.69, 9.17) is 15.2 Å². The van der Waals surface area contributed by atoms with Gasteiger partial charge in [-0.25, -0.2) is 8.42 Å². The summed E-state index contributed by atoms with van der Waals surface area (Å²) in [6.07, 6.45) is 0. The lowest BCUT2D eigenvalue weighted by molar-refractivity contribution is 0.415. The third-order valence-electron chi connectivity index (χ3n) is 2.84. The summed E-state index contributed by atoms with van der Waals surface area (Å²) in [4.78, 5) is 0.0661. The van der Waals surface area contributed by atoms with Gasteiger partial charge in [-0.2, -0.15) is 0 Å². The van der Waals surface area contributed by atoms with Crippen LogP contribution in [-0.2, 0) is 10.0 Å². The van der Waals surface area contributed by atoms with Crippen molar-refractivity contribution in [1.82, 2.24) is 0 Å². The smallest absolute Gasteiger partial charge is 0.262 e. The Morgan fingerprint density at radius 1 is 1.05 bits per heavy atom. The normalized spacial score (nSPS) is 11.0. The fourth-order valence-corrected chi connectivity index (χ4v) is 2.82. The van der Waals surface area contributed by atoms with Gasteiger partial charge in [0.1, 0.15) is 11.5 Å². The molecular formula is C14H16N2O4S. The number of ether oxygens (including phenoxy) is 2. The van der Waals surface area contributed by atoms with Gasteiger partial charge in [0.05, 0.1) is 30.5 Å². The number of sulfonamides is 1. The fourth-order valence-electron chi connectivity index (χ4n) is 1.76. The zero-order valence-electron chi connectivity index (χ0n) is 11.7. The molecule has 7 heteroatoms. The average molecular weight is 308 g/mol. The molecule has 3 N–H and O–H groups in total. The monoisotopic (exact) mass is 308 g/mol. The van der Waals surface area contributed by atoms with Crippen LogP contribution in [0.2, 0.25) is 0 Å². The summed E-state index contributed by atoms with van der Waals surface area (Å²) in [5, 5.41) is 0. The molecule has 2 rings (SSSR count). The van der Waals surface area contributed by atoms with Crippen LogP contribution < -0.4 is 19.9 Å². The predicted molar refractivity (Wildman–Crippen MR) is 81.2 cm³/mol. The minimum Gasteiger partial charge on any atom is -0.497 e. The van der Waals surface area contributed by atoms with Crippen molar-refractivity contribution in [3.8, 4) is 11.5 Å². The van der Waals surface area contributed by atoms with Crippen LogP contribution in [-0.4, -0.2) is 22.6 Å². The summed E-state index contributed by atoms with van der Waals surface area (Å²) >= 11 is 0. The molecule has 0 aliphatic rings. The number of nitrogens with two attached hydrogens (primary N) is 1. The second-order valence-corrected chi connectivity index (χ2v) is 5.92. The van der Waals surface area contributed by atoms with Gasteiger partial charge in [0.2, 0.25) is 0 Å². The molecule has 0 saturated heterocycles. The van der Waals surface area contributed by atoms with Crippen molar-refractivity contribution < 1.29 is 17.9 Å². The van der Waals surface area contributed by atoms with Crippen LogP contribution >= 0.6 is 0 Å². The van der Waals surface area contributed by atoms with Gasteiger partial charge in [-0.3, -0.25) is 4.72 Å². The molecule has 6 nitrogen and oxygen atoms in total. The molecule has 0 bridgehead atoms. The lowest BCUT2D eigenvalue weighted by Gasteiger charge is -2.11. The quantitative estimate of drug-likeness (QED) is 0.825. The molecule has 0 heterocycles. The van der Waals surface area contributed by atoms with Crippen LogP contribution in [0.5, 0.6) is 11.5 Å². The Balaban J connectivity index is 2.33. The lowest BCUT2D eigenvalue weighted by Crippen LogP contribution is -2.13. The molecule has 0 aliphatic carbocycles. The number of nitrogens with one attached hydrogen (secondary N) is 1. The highest BCUT2D eigenvalue weighted by Crippen LogP contribution is 2.26. The maximum Gasteiger partial charge on any atom is 0.262 e. The van der Waals surface area contributed by atoms with Crippen LogP contribution in [0.15, 0.2) is 47.4 Å². The Morgan fingerprint density at radius 3 is 2.48 bits per heavy atom. The second kappa shape index (κ2) is 5.92. The van der Waals surface area contributed by atoms with Crippen molar-refractivity contribution in [3.63, 3.8) is 0 Å². The summed E-state index contributed by atoms with van der Waals surface area (Å²) in [5.41, 5.74) is 6.46. The maximum atomic E-state index is 12.3. The number of hydrogen-bond donors (Lipinski definition) is 2. The van der Waals surface area contributed by atoms with E-state index in [-0.39, 0.29) is 4.90 Å². The topological polar surface area (TPSA) is 90.7 Å². The minimum atomic E-state index is -3.73. The van der Waals surface area contributed by atoms with Crippen molar-refractivity contribution >= 4 is 21.4 Å². The number of hydrogen-bond acceptors (Lipinski definition) is 5. The summed E-state index contributed by atoms with van der Waals surface area (Å²) < 4.78 is 37.2. The van der Waals surface area contributed by atoms with Gasteiger partial charge in [-0.15, -0.1) is 0 Å². The molecule has 0 amide bonds. The third kappa shape index (κ3) is 3.38. The van der Waals surface area contributed by atoms with Gasteiger partial charge < -0.3 is 15.2 Å². The Labute approximate surface area is 123 Å². The first-order chi connectivity index (χ1) is 9.96. The van der Waals surface area contributed by atoms with Crippen LogP contribution in [0.1, 0.15) is 0 Å². The van der Waals surface area contributed by atoms with Crippen LogP contribution in [0.25, 0.3) is 0 Å². The van der Waals surface area contributed by atoms with Crippen LogP contribution in [0, 0.1) is 0 Å². The third-order valence-corrected chi connectivity index (χ3v) is 4.22.